The van der Waals surface area contributed by atoms with Crippen molar-refractivity contribution in [1.82, 2.24) is 0 Å². The Balaban J connectivity index is 1.85. The van der Waals surface area contributed by atoms with E-state index in [1.54, 1.807) is 0 Å². The van der Waals surface area contributed by atoms with Gasteiger partial charge >= 0.3 is 0 Å². The van der Waals surface area contributed by atoms with Crippen LogP contribution in [0.4, 0.5) is 0 Å². The van der Waals surface area contributed by atoms with Crippen LogP contribution in [0.25, 0.3) is 0 Å². The van der Waals surface area contributed by atoms with E-state index in [1.165, 1.54) is 18.4 Å². The van der Waals surface area contributed by atoms with Crippen LogP contribution < -0.4 is 0 Å². The molecule has 3 rings (SSSR count). The Labute approximate surface area is 103 Å². The zero-order valence-electron chi connectivity index (χ0n) is 10.4. The number of quaternary nitrogens is 1. The quantitative estimate of drug-likeness (QED) is 0.714. The highest BCUT2D eigenvalue weighted by Gasteiger charge is 2.50. The maximum absolute atomic E-state index is 11.7. The maximum Gasteiger partial charge on any atom is 0.144 e. The lowest BCUT2D eigenvalue weighted by atomic mass is 9.97. The largest absolute Gasteiger partial charge is 0.317 e. The molecule has 2 aliphatic rings. The molecule has 2 saturated heterocycles. The van der Waals surface area contributed by atoms with E-state index in [-0.39, 0.29) is 0 Å². The molecule has 2 heteroatoms. The third kappa shape index (κ3) is 1.81. The Bertz CT molecular complexity index is 410. The fraction of sp³-hybridized carbons (Fsp3) is 0.533. The number of carbonyl (C=O) groups excluding carboxylic acids is 1. The number of hydrogen-bond acceptors (Lipinski definition) is 1. The second-order valence-electron chi connectivity index (χ2n) is 5.82. The summed E-state index contributed by atoms with van der Waals surface area (Å²) in [5.74, 6) is 0.487. The number of benzene rings is 1. The molecule has 90 valence electrons. The molecule has 2 bridgehead atoms. The van der Waals surface area contributed by atoms with Gasteiger partial charge in [0.1, 0.15) is 12.3 Å². The SMILES string of the molecule is C[N+]1(Cc2ccccc2)C2CCC1CC(=O)C2. The topological polar surface area (TPSA) is 17.1 Å². The van der Waals surface area contributed by atoms with E-state index >= 15 is 0 Å². The Morgan fingerprint density at radius 1 is 1.12 bits per heavy atom. The summed E-state index contributed by atoms with van der Waals surface area (Å²) in [5, 5.41) is 0. The lowest BCUT2D eigenvalue weighted by molar-refractivity contribution is -0.957. The van der Waals surface area contributed by atoms with Crippen LogP contribution in [0.3, 0.4) is 0 Å². The molecule has 0 radical (unpaired) electrons. The van der Waals surface area contributed by atoms with Gasteiger partial charge in [0.05, 0.1) is 32.0 Å². The average molecular weight is 230 g/mol. The summed E-state index contributed by atoms with van der Waals surface area (Å²) >= 11 is 0. The maximum atomic E-state index is 11.7. The summed E-state index contributed by atoms with van der Waals surface area (Å²) in [5.41, 5.74) is 1.40. The molecule has 2 aliphatic heterocycles. The van der Waals surface area contributed by atoms with Crippen molar-refractivity contribution < 1.29 is 9.28 Å². The number of carbonyl (C=O) groups is 1. The van der Waals surface area contributed by atoms with Gasteiger partial charge in [0.2, 0.25) is 0 Å². The molecule has 0 saturated carbocycles. The highest BCUT2D eigenvalue weighted by atomic mass is 16.1. The van der Waals surface area contributed by atoms with Gasteiger partial charge in [0.15, 0.2) is 0 Å². The molecule has 0 N–H and O–H groups in total. The average Bonchev–Trinajstić information content (AvgIpc) is 2.52. The first-order valence-corrected chi connectivity index (χ1v) is 6.59. The van der Waals surface area contributed by atoms with Crippen LogP contribution in [0.5, 0.6) is 0 Å². The zero-order valence-corrected chi connectivity index (χ0v) is 10.4. The fourth-order valence-electron chi connectivity index (χ4n) is 3.74. The summed E-state index contributed by atoms with van der Waals surface area (Å²) in [6.45, 7) is 1.09. The fourth-order valence-corrected chi connectivity index (χ4v) is 3.74. The van der Waals surface area contributed by atoms with Crippen molar-refractivity contribution in [3.05, 3.63) is 35.9 Å². The van der Waals surface area contributed by atoms with Crippen LogP contribution in [-0.4, -0.2) is 29.4 Å². The first-order valence-electron chi connectivity index (χ1n) is 6.59. The predicted molar refractivity (Wildman–Crippen MR) is 67.4 cm³/mol. The van der Waals surface area contributed by atoms with Crippen LogP contribution in [-0.2, 0) is 11.3 Å². The van der Waals surface area contributed by atoms with Crippen molar-refractivity contribution >= 4 is 5.78 Å². The number of hydrogen-bond donors (Lipinski definition) is 0. The molecule has 1 aromatic rings. The molecule has 2 fully saturated rings. The number of nitrogens with zero attached hydrogens (tertiary/aromatic N) is 1. The minimum absolute atomic E-state index is 0.487. The first kappa shape index (κ1) is 11.0. The standard InChI is InChI=1S/C15H20NO/c1-16(11-12-5-3-2-4-6-12)13-7-8-14(16)10-15(17)9-13/h2-6,13-14H,7-11H2,1H3/q+1. The monoisotopic (exact) mass is 230 g/mol. The van der Waals surface area contributed by atoms with Gasteiger partial charge in [-0.2, -0.15) is 0 Å². The Hall–Kier alpha value is -1.15. The van der Waals surface area contributed by atoms with E-state index in [9.17, 15) is 4.79 Å². The first-order chi connectivity index (χ1) is 8.18. The normalized spacial score (nSPS) is 36.2. The molecule has 0 aliphatic carbocycles. The van der Waals surface area contributed by atoms with E-state index in [2.05, 4.69) is 37.4 Å². The molecule has 0 aromatic heterocycles. The number of piperidine rings is 1. The van der Waals surface area contributed by atoms with Crippen LogP contribution >= 0.6 is 0 Å². The lowest BCUT2D eigenvalue weighted by Gasteiger charge is -2.44. The number of rotatable bonds is 2. The zero-order chi connectivity index (χ0) is 11.9. The van der Waals surface area contributed by atoms with Gasteiger partial charge in [-0.1, -0.05) is 30.3 Å². The van der Waals surface area contributed by atoms with Crippen molar-refractivity contribution in [3.8, 4) is 0 Å². The molecule has 17 heavy (non-hydrogen) atoms. The number of Topliss-reactive ketones (excluding diaryl/α,β-unsaturated/α-hetero) is 1. The highest BCUT2D eigenvalue weighted by Crippen LogP contribution is 2.41. The minimum atomic E-state index is 0.487. The molecule has 1 aromatic carbocycles. The molecular formula is C15H20NO+. The van der Waals surface area contributed by atoms with E-state index in [4.69, 9.17) is 0 Å². The molecule has 2 atom stereocenters. The van der Waals surface area contributed by atoms with Crippen molar-refractivity contribution in [1.29, 1.82) is 0 Å². The summed E-state index contributed by atoms with van der Waals surface area (Å²) < 4.78 is 1.09. The molecule has 2 nitrogen and oxygen atoms in total. The van der Waals surface area contributed by atoms with Gasteiger partial charge in [-0.3, -0.25) is 4.79 Å². The number of fused-ring (bicyclic) bond motifs is 2. The van der Waals surface area contributed by atoms with Crippen molar-refractivity contribution in [3.63, 3.8) is 0 Å². The van der Waals surface area contributed by atoms with Gasteiger partial charge in [-0.15, -0.1) is 0 Å². The lowest BCUT2D eigenvalue weighted by Crippen LogP contribution is -2.56. The highest BCUT2D eigenvalue weighted by molar-refractivity contribution is 5.80. The van der Waals surface area contributed by atoms with Crippen molar-refractivity contribution in [2.24, 2.45) is 0 Å². The summed E-state index contributed by atoms with van der Waals surface area (Å²) in [6, 6.07) is 11.8. The second kappa shape index (κ2) is 3.95. The van der Waals surface area contributed by atoms with E-state index in [1.807, 2.05) is 0 Å². The van der Waals surface area contributed by atoms with Crippen LogP contribution in [0.15, 0.2) is 30.3 Å². The van der Waals surface area contributed by atoms with Gasteiger partial charge < -0.3 is 4.48 Å². The predicted octanol–water partition coefficient (Wildman–Crippen LogP) is 2.53. The third-order valence-electron chi connectivity index (χ3n) is 4.79. The second-order valence-corrected chi connectivity index (χ2v) is 5.82. The Morgan fingerprint density at radius 2 is 1.71 bits per heavy atom. The molecule has 2 heterocycles. The summed E-state index contributed by atoms with van der Waals surface area (Å²) in [4.78, 5) is 11.7. The van der Waals surface area contributed by atoms with E-state index in [0.717, 1.165) is 23.9 Å². The third-order valence-corrected chi connectivity index (χ3v) is 4.79. The molecule has 2 unspecified atom stereocenters. The Morgan fingerprint density at radius 3 is 2.29 bits per heavy atom. The van der Waals surface area contributed by atoms with E-state index < -0.39 is 0 Å². The Kier molecular flexibility index (Phi) is 2.55. The molecule has 0 spiro atoms. The van der Waals surface area contributed by atoms with Gasteiger partial charge in [0, 0.05) is 18.4 Å². The van der Waals surface area contributed by atoms with Gasteiger partial charge in [-0.05, 0) is 0 Å². The summed E-state index contributed by atoms with van der Waals surface area (Å²) in [7, 11) is 2.35. The molecular weight excluding hydrogens is 210 g/mol. The van der Waals surface area contributed by atoms with Crippen LogP contribution in [0.1, 0.15) is 31.2 Å². The summed E-state index contributed by atoms with van der Waals surface area (Å²) in [6.07, 6.45) is 4.08. The van der Waals surface area contributed by atoms with Crippen molar-refractivity contribution in [2.45, 2.75) is 44.3 Å². The van der Waals surface area contributed by atoms with Crippen LogP contribution in [0, 0.1) is 0 Å². The number of ketones is 1. The van der Waals surface area contributed by atoms with Gasteiger partial charge in [-0.25, -0.2) is 0 Å². The van der Waals surface area contributed by atoms with E-state index in [0.29, 0.717) is 17.9 Å². The molecule has 0 amide bonds. The van der Waals surface area contributed by atoms with Crippen LogP contribution in [0.2, 0.25) is 0 Å². The minimum Gasteiger partial charge on any atom is -0.317 e. The van der Waals surface area contributed by atoms with Gasteiger partial charge in [0.25, 0.3) is 0 Å². The van der Waals surface area contributed by atoms with Crippen molar-refractivity contribution in [2.75, 3.05) is 7.05 Å². The smallest absolute Gasteiger partial charge is 0.144 e.